The highest BCUT2D eigenvalue weighted by molar-refractivity contribution is 5.89. The van der Waals surface area contributed by atoms with Crippen LogP contribution in [0.1, 0.15) is 0 Å². The third kappa shape index (κ3) is 2.88. The molecule has 0 bridgehead atoms. The van der Waals surface area contributed by atoms with Crippen molar-refractivity contribution in [3.63, 3.8) is 0 Å². The van der Waals surface area contributed by atoms with Crippen molar-refractivity contribution >= 4 is 11.7 Å². The first-order chi connectivity index (χ1) is 9.33. The van der Waals surface area contributed by atoms with Crippen LogP contribution >= 0.6 is 0 Å². The number of benzene rings is 1. The molecule has 0 aliphatic carbocycles. The topological polar surface area (TPSA) is 44.8 Å². The summed E-state index contributed by atoms with van der Waals surface area (Å²) in [7, 11) is 0. The van der Waals surface area contributed by atoms with Gasteiger partial charge in [0.1, 0.15) is 0 Å². The van der Waals surface area contributed by atoms with Crippen molar-refractivity contribution in [1.29, 1.82) is 0 Å². The zero-order valence-electron chi connectivity index (χ0n) is 10.9. The van der Waals surface area contributed by atoms with Crippen LogP contribution < -0.4 is 5.32 Å². The molecule has 19 heavy (non-hydrogen) atoms. The molecule has 1 N–H and O–H groups in total. The molecule has 0 saturated carbocycles. The molecule has 2 aliphatic heterocycles. The van der Waals surface area contributed by atoms with Crippen LogP contribution in [-0.4, -0.2) is 61.3 Å². The highest BCUT2D eigenvalue weighted by atomic mass is 16.5. The summed E-state index contributed by atoms with van der Waals surface area (Å²) in [6.07, 6.45) is 0. The van der Waals surface area contributed by atoms with Gasteiger partial charge in [-0.15, -0.1) is 0 Å². The summed E-state index contributed by atoms with van der Waals surface area (Å²) in [5.74, 6) is 0. The maximum atomic E-state index is 12.0. The molecule has 2 aliphatic rings. The average molecular weight is 261 g/mol. The van der Waals surface area contributed by atoms with E-state index in [2.05, 4.69) is 10.2 Å². The van der Waals surface area contributed by atoms with E-state index in [9.17, 15) is 4.79 Å². The summed E-state index contributed by atoms with van der Waals surface area (Å²) in [5.41, 5.74) is 0.849. The van der Waals surface area contributed by atoms with E-state index in [1.807, 2.05) is 35.2 Å². The van der Waals surface area contributed by atoms with Crippen LogP contribution in [0.25, 0.3) is 0 Å². The zero-order chi connectivity index (χ0) is 13.1. The van der Waals surface area contributed by atoms with Crippen LogP contribution in [0.15, 0.2) is 30.3 Å². The SMILES string of the molecule is O=C(Nc1ccccc1)N1CC(N2CCOCC2)C1. The molecule has 0 aromatic heterocycles. The Kier molecular flexibility index (Phi) is 3.66. The van der Waals surface area contributed by atoms with Crippen LogP contribution in [-0.2, 0) is 4.74 Å². The molecule has 0 atom stereocenters. The van der Waals surface area contributed by atoms with Gasteiger partial charge in [-0.05, 0) is 12.1 Å². The van der Waals surface area contributed by atoms with Gasteiger partial charge in [0.2, 0.25) is 0 Å². The molecule has 2 fully saturated rings. The van der Waals surface area contributed by atoms with Crippen molar-refractivity contribution in [2.75, 3.05) is 44.7 Å². The quantitative estimate of drug-likeness (QED) is 0.871. The average Bonchev–Trinajstić information content (AvgIpc) is 2.39. The Morgan fingerprint density at radius 1 is 1.16 bits per heavy atom. The normalized spacial score (nSPS) is 20.9. The molecule has 1 aromatic rings. The maximum absolute atomic E-state index is 12.0. The number of likely N-dealkylation sites (tertiary alicyclic amines) is 1. The lowest BCUT2D eigenvalue weighted by Crippen LogP contribution is -2.63. The lowest BCUT2D eigenvalue weighted by Gasteiger charge is -2.46. The monoisotopic (exact) mass is 261 g/mol. The third-order valence-corrected chi connectivity index (χ3v) is 3.74. The summed E-state index contributed by atoms with van der Waals surface area (Å²) < 4.78 is 5.34. The first kappa shape index (κ1) is 12.4. The van der Waals surface area contributed by atoms with Gasteiger partial charge < -0.3 is 15.0 Å². The molecule has 102 valence electrons. The number of urea groups is 1. The fourth-order valence-electron chi connectivity index (χ4n) is 2.52. The number of nitrogens with zero attached hydrogens (tertiary/aromatic N) is 2. The minimum Gasteiger partial charge on any atom is -0.379 e. The van der Waals surface area contributed by atoms with Gasteiger partial charge in [0.05, 0.1) is 13.2 Å². The Labute approximate surface area is 113 Å². The maximum Gasteiger partial charge on any atom is 0.321 e. The second-order valence-corrected chi connectivity index (χ2v) is 5.00. The molecule has 0 unspecified atom stereocenters. The molecule has 1 aromatic carbocycles. The summed E-state index contributed by atoms with van der Waals surface area (Å²) in [4.78, 5) is 16.3. The largest absolute Gasteiger partial charge is 0.379 e. The van der Waals surface area contributed by atoms with Crippen molar-refractivity contribution in [2.24, 2.45) is 0 Å². The molecule has 0 radical (unpaired) electrons. The minimum atomic E-state index is -0.00397. The van der Waals surface area contributed by atoms with Crippen LogP contribution in [0.4, 0.5) is 10.5 Å². The summed E-state index contributed by atoms with van der Waals surface area (Å²) >= 11 is 0. The summed E-state index contributed by atoms with van der Waals surface area (Å²) in [6, 6.07) is 10.1. The van der Waals surface area contributed by atoms with E-state index in [0.717, 1.165) is 45.1 Å². The van der Waals surface area contributed by atoms with Gasteiger partial charge in [-0.1, -0.05) is 18.2 Å². The number of amides is 2. The van der Waals surface area contributed by atoms with Crippen LogP contribution in [0.2, 0.25) is 0 Å². The first-order valence-corrected chi connectivity index (χ1v) is 6.76. The van der Waals surface area contributed by atoms with Crippen LogP contribution in [0, 0.1) is 0 Å². The Balaban J connectivity index is 1.46. The van der Waals surface area contributed by atoms with Gasteiger partial charge in [-0.3, -0.25) is 4.90 Å². The molecule has 5 heteroatoms. The Morgan fingerprint density at radius 3 is 2.53 bits per heavy atom. The number of carbonyl (C=O) groups excluding carboxylic acids is 1. The fraction of sp³-hybridized carbons (Fsp3) is 0.500. The molecule has 2 heterocycles. The second kappa shape index (κ2) is 5.59. The van der Waals surface area contributed by atoms with E-state index < -0.39 is 0 Å². The number of hydrogen-bond acceptors (Lipinski definition) is 3. The second-order valence-electron chi connectivity index (χ2n) is 5.00. The number of morpholine rings is 1. The van der Waals surface area contributed by atoms with E-state index in [1.165, 1.54) is 0 Å². The lowest BCUT2D eigenvalue weighted by atomic mass is 10.1. The van der Waals surface area contributed by atoms with E-state index in [0.29, 0.717) is 6.04 Å². The predicted octanol–water partition coefficient (Wildman–Crippen LogP) is 1.23. The number of carbonyl (C=O) groups is 1. The number of anilines is 1. The van der Waals surface area contributed by atoms with Gasteiger partial charge in [-0.25, -0.2) is 4.79 Å². The molecule has 2 amide bonds. The fourth-order valence-corrected chi connectivity index (χ4v) is 2.52. The number of rotatable bonds is 2. The molecule has 0 spiro atoms. The Hall–Kier alpha value is -1.59. The Bertz CT molecular complexity index is 426. The van der Waals surface area contributed by atoms with Gasteiger partial charge in [0, 0.05) is 37.9 Å². The molecule has 3 rings (SSSR count). The van der Waals surface area contributed by atoms with Gasteiger partial charge in [-0.2, -0.15) is 0 Å². The van der Waals surface area contributed by atoms with Gasteiger partial charge >= 0.3 is 6.03 Å². The number of para-hydroxylation sites is 1. The smallest absolute Gasteiger partial charge is 0.321 e. The lowest BCUT2D eigenvalue weighted by molar-refractivity contribution is -0.0189. The van der Waals surface area contributed by atoms with Crippen molar-refractivity contribution in [3.8, 4) is 0 Å². The zero-order valence-corrected chi connectivity index (χ0v) is 10.9. The highest BCUT2D eigenvalue weighted by Crippen LogP contribution is 2.17. The van der Waals surface area contributed by atoms with Crippen LogP contribution in [0.5, 0.6) is 0 Å². The first-order valence-electron chi connectivity index (χ1n) is 6.76. The van der Waals surface area contributed by atoms with E-state index in [1.54, 1.807) is 0 Å². The van der Waals surface area contributed by atoms with Gasteiger partial charge in [0.15, 0.2) is 0 Å². The number of ether oxygens (including phenoxy) is 1. The Morgan fingerprint density at radius 2 is 1.84 bits per heavy atom. The molecule has 5 nitrogen and oxygen atoms in total. The highest BCUT2D eigenvalue weighted by Gasteiger charge is 2.35. The summed E-state index contributed by atoms with van der Waals surface area (Å²) in [5, 5.41) is 2.91. The van der Waals surface area contributed by atoms with Crippen molar-refractivity contribution in [2.45, 2.75) is 6.04 Å². The van der Waals surface area contributed by atoms with Crippen molar-refractivity contribution < 1.29 is 9.53 Å². The standard InChI is InChI=1S/C14H19N3O2/c18-14(15-12-4-2-1-3-5-12)17-10-13(11-17)16-6-8-19-9-7-16/h1-5,13H,6-11H2,(H,15,18). The third-order valence-electron chi connectivity index (χ3n) is 3.74. The minimum absolute atomic E-state index is 0.00397. The van der Waals surface area contributed by atoms with E-state index in [-0.39, 0.29) is 6.03 Å². The molecule has 2 saturated heterocycles. The number of nitrogens with one attached hydrogen (secondary N) is 1. The molecular weight excluding hydrogens is 242 g/mol. The summed E-state index contributed by atoms with van der Waals surface area (Å²) in [6.45, 7) is 5.23. The van der Waals surface area contributed by atoms with E-state index in [4.69, 9.17) is 4.74 Å². The molecular formula is C14H19N3O2. The van der Waals surface area contributed by atoms with Crippen molar-refractivity contribution in [1.82, 2.24) is 9.80 Å². The van der Waals surface area contributed by atoms with Crippen LogP contribution in [0.3, 0.4) is 0 Å². The number of hydrogen-bond donors (Lipinski definition) is 1. The van der Waals surface area contributed by atoms with Gasteiger partial charge in [0.25, 0.3) is 0 Å². The van der Waals surface area contributed by atoms with E-state index >= 15 is 0 Å². The predicted molar refractivity (Wildman–Crippen MR) is 73.2 cm³/mol. The van der Waals surface area contributed by atoms with Crippen molar-refractivity contribution in [3.05, 3.63) is 30.3 Å².